The molecule has 1 unspecified atom stereocenters. The zero-order chi connectivity index (χ0) is 20.6. The summed E-state index contributed by atoms with van der Waals surface area (Å²) in [6.07, 6.45) is 0.0656. The van der Waals surface area contributed by atoms with E-state index in [0.29, 0.717) is 6.07 Å². The maximum absolute atomic E-state index is 13.7. The van der Waals surface area contributed by atoms with Crippen LogP contribution < -0.4 is 4.80 Å². The molecule has 0 spiro atoms. The fourth-order valence-corrected chi connectivity index (χ4v) is 3.79. The zero-order valence-corrected chi connectivity index (χ0v) is 15.1. The van der Waals surface area contributed by atoms with Gasteiger partial charge in [0.2, 0.25) is 0 Å². The van der Waals surface area contributed by atoms with Crippen molar-refractivity contribution in [1.29, 1.82) is 0 Å². The van der Waals surface area contributed by atoms with E-state index in [1.165, 1.54) is 0 Å². The van der Waals surface area contributed by atoms with E-state index < -0.39 is 41.2 Å². The normalized spacial score (nSPS) is 13.1. The molecule has 1 heterocycles. The molecule has 1 amide bonds. The summed E-state index contributed by atoms with van der Waals surface area (Å²) >= 11 is 0.757. The minimum Gasteiger partial charge on any atom is -0.480 e. The molecule has 0 radical (unpaired) electrons. The smallest absolute Gasteiger partial charge is 0.326 e. The average Bonchev–Trinajstić information content (AvgIpc) is 2.92. The lowest BCUT2D eigenvalue weighted by Crippen LogP contribution is -2.27. The predicted molar refractivity (Wildman–Crippen MR) is 92.9 cm³/mol. The van der Waals surface area contributed by atoms with Crippen molar-refractivity contribution in [1.82, 2.24) is 4.57 Å². The van der Waals surface area contributed by atoms with Gasteiger partial charge in [-0.05, 0) is 24.6 Å². The maximum Gasteiger partial charge on any atom is 0.326 e. The number of carboxylic acids is 1. The van der Waals surface area contributed by atoms with Crippen molar-refractivity contribution in [2.75, 3.05) is 0 Å². The molecule has 0 fully saturated rings. The Morgan fingerprint density at radius 3 is 2.25 bits per heavy atom. The standard InChI is InChI=1S/C18H12F4N2O3S/c1-2-13(17(26)27)24-14-6-11(21)12(22)7-15(14)28-18(24)23-16(25)8-3-9(19)5-10(20)4-8/h3-7,13H,2H2,1H3,(H,26,27). The van der Waals surface area contributed by atoms with Crippen LogP contribution in [0.2, 0.25) is 0 Å². The van der Waals surface area contributed by atoms with Gasteiger partial charge in [-0.1, -0.05) is 18.3 Å². The molecule has 0 aliphatic rings. The Morgan fingerprint density at radius 1 is 1.07 bits per heavy atom. The number of aliphatic carboxylic acids is 1. The second kappa shape index (κ2) is 7.55. The Balaban J connectivity index is 2.28. The number of nitrogens with zero attached hydrogens (tertiary/aromatic N) is 2. The van der Waals surface area contributed by atoms with Crippen molar-refractivity contribution in [2.45, 2.75) is 19.4 Å². The number of hydrogen-bond acceptors (Lipinski definition) is 3. The molecule has 0 aliphatic carbocycles. The number of benzene rings is 2. The van der Waals surface area contributed by atoms with Gasteiger partial charge in [-0.25, -0.2) is 22.4 Å². The average molecular weight is 412 g/mol. The number of carbonyl (C=O) groups excluding carboxylic acids is 1. The number of thiazole rings is 1. The summed E-state index contributed by atoms with van der Waals surface area (Å²) < 4.78 is 55.2. The molecule has 0 saturated carbocycles. The van der Waals surface area contributed by atoms with Crippen LogP contribution in [0.4, 0.5) is 17.6 Å². The molecule has 28 heavy (non-hydrogen) atoms. The van der Waals surface area contributed by atoms with Crippen LogP contribution in [0.5, 0.6) is 0 Å². The maximum atomic E-state index is 13.7. The summed E-state index contributed by atoms with van der Waals surface area (Å²) in [5, 5.41) is 9.47. The molecule has 0 saturated heterocycles. The fourth-order valence-electron chi connectivity index (χ4n) is 2.71. The molecule has 1 aromatic heterocycles. The highest BCUT2D eigenvalue weighted by atomic mass is 32.1. The van der Waals surface area contributed by atoms with Gasteiger partial charge in [0, 0.05) is 17.7 Å². The third kappa shape index (κ3) is 3.68. The molecule has 146 valence electrons. The van der Waals surface area contributed by atoms with Crippen molar-refractivity contribution in [3.8, 4) is 0 Å². The molecule has 1 N–H and O–H groups in total. The van der Waals surface area contributed by atoms with Crippen molar-refractivity contribution >= 4 is 33.4 Å². The van der Waals surface area contributed by atoms with Gasteiger partial charge in [0.15, 0.2) is 16.4 Å². The Hall–Kier alpha value is -3.01. The second-order valence-corrected chi connectivity index (χ2v) is 6.84. The van der Waals surface area contributed by atoms with Crippen LogP contribution in [0.1, 0.15) is 29.7 Å². The van der Waals surface area contributed by atoms with Gasteiger partial charge in [-0.15, -0.1) is 0 Å². The molecule has 5 nitrogen and oxygen atoms in total. The first-order chi connectivity index (χ1) is 13.2. The summed E-state index contributed by atoms with van der Waals surface area (Å²) in [6, 6.07) is 2.61. The topological polar surface area (TPSA) is 71.7 Å². The van der Waals surface area contributed by atoms with Crippen LogP contribution in [0, 0.1) is 23.3 Å². The van der Waals surface area contributed by atoms with Crippen LogP contribution in [-0.2, 0) is 4.79 Å². The quantitative estimate of drug-likeness (QED) is 0.658. The predicted octanol–water partition coefficient (Wildman–Crippen LogP) is 4.04. The summed E-state index contributed by atoms with van der Waals surface area (Å²) in [6.45, 7) is 1.56. The number of rotatable bonds is 4. The lowest BCUT2D eigenvalue weighted by molar-refractivity contribution is -0.140. The fraction of sp³-hybridized carbons (Fsp3) is 0.167. The summed E-state index contributed by atoms with van der Waals surface area (Å²) in [5.74, 6) is -6.59. The van der Waals surface area contributed by atoms with E-state index in [-0.39, 0.29) is 27.0 Å². The highest BCUT2D eigenvalue weighted by Gasteiger charge is 2.23. The highest BCUT2D eigenvalue weighted by molar-refractivity contribution is 7.16. The largest absolute Gasteiger partial charge is 0.480 e. The first-order valence-corrected chi connectivity index (χ1v) is 8.81. The van der Waals surface area contributed by atoms with E-state index in [4.69, 9.17) is 0 Å². The van der Waals surface area contributed by atoms with Crippen molar-refractivity contribution in [3.63, 3.8) is 0 Å². The number of aromatic nitrogens is 1. The summed E-state index contributed by atoms with van der Waals surface area (Å²) in [5.41, 5.74) is -0.350. The molecule has 1 atom stereocenters. The van der Waals surface area contributed by atoms with Gasteiger partial charge in [-0.2, -0.15) is 4.99 Å². The Labute approximate surface area is 159 Å². The summed E-state index contributed by atoms with van der Waals surface area (Å²) in [7, 11) is 0. The van der Waals surface area contributed by atoms with Gasteiger partial charge < -0.3 is 9.67 Å². The number of hydrogen-bond donors (Lipinski definition) is 1. The molecule has 0 bridgehead atoms. The Morgan fingerprint density at radius 2 is 1.68 bits per heavy atom. The second-order valence-electron chi connectivity index (χ2n) is 5.83. The van der Waals surface area contributed by atoms with E-state index in [0.717, 1.165) is 40.2 Å². The van der Waals surface area contributed by atoms with E-state index in [1.54, 1.807) is 6.92 Å². The third-order valence-corrected chi connectivity index (χ3v) is 4.98. The molecule has 2 aromatic carbocycles. The molecule has 3 rings (SSSR count). The van der Waals surface area contributed by atoms with Gasteiger partial charge in [0.05, 0.1) is 10.2 Å². The van der Waals surface area contributed by atoms with Crippen molar-refractivity contribution in [2.24, 2.45) is 4.99 Å². The highest BCUT2D eigenvalue weighted by Crippen LogP contribution is 2.25. The molecular formula is C18H12F4N2O3S. The Bertz CT molecular complexity index is 1150. The minimum absolute atomic E-state index is 0.0372. The molecule has 3 aromatic rings. The number of carbonyl (C=O) groups is 2. The number of amides is 1. The molecule has 10 heteroatoms. The van der Waals surface area contributed by atoms with E-state index >= 15 is 0 Å². The lowest BCUT2D eigenvalue weighted by atomic mass is 10.2. The zero-order valence-electron chi connectivity index (χ0n) is 14.2. The van der Waals surface area contributed by atoms with Gasteiger partial charge in [0.1, 0.15) is 17.7 Å². The first kappa shape index (κ1) is 19.7. The van der Waals surface area contributed by atoms with Crippen LogP contribution in [0.25, 0.3) is 10.2 Å². The van der Waals surface area contributed by atoms with Crippen LogP contribution in [-0.4, -0.2) is 21.6 Å². The van der Waals surface area contributed by atoms with Crippen molar-refractivity contribution < 1.29 is 32.3 Å². The molecule has 0 aliphatic heterocycles. The molecular weight excluding hydrogens is 400 g/mol. The van der Waals surface area contributed by atoms with E-state index in [2.05, 4.69) is 4.99 Å². The number of carboxylic acid groups (broad SMARTS) is 1. The van der Waals surface area contributed by atoms with Crippen molar-refractivity contribution in [3.05, 3.63) is 64.0 Å². The van der Waals surface area contributed by atoms with Gasteiger partial charge in [-0.3, -0.25) is 4.79 Å². The monoisotopic (exact) mass is 412 g/mol. The van der Waals surface area contributed by atoms with Crippen LogP contribution in [0.3, 0.4) is 0 Å². The minimum atomic E-state index is -1.27. The number of halogens is 4. The Kier molecular flexibility index (Phi) is 5.32. The third-order valence-electron chi connectivity index (χ3n) is 3.96. The van der Waals surface area contributed by atoms with Crippen LogP contribution in [0.15, 0.2) is 35.3 Å². The van der Waals surface area contributed by atoms with Gasteiger partial charge >= 0.3 is 5.97 Å². The van der Waals surface area contributed by atoms with E-state index in [9.17, 15) is 32.3 Å². The van der Waals surface area contributed by atoms with Crippen LogP contribution >= 0.6 is 11.3 Å². The van der Waals surface area contributed by atoms with Gasteiger partial charge in [0.25, 0.3) is 5.91 Å². The SMILES string of the molecule is CCC(C(=O)O)n1c(=NC(=O)c2cc(F)cc(F)c2)sc2cc(F)c(F)cc21. The number of fused-ring (bicyclic) bond motifs is 1. The first-order valence-electron chi connectivity index (χ1n) is 7.99. The summed E-state index contributed by atoms with van der Waals surface area (Å²) in [4.78, 5) is 27.6. The lowest BCUT2D eigenvalue weighted by Gasteiger charge is -2.13. The van der Waals surface area contributed by atoms with E-state index in [1.807, 2.05) is 0 Å².